The number of ether oxygens (including phenoxy) is 1. The Kier molecular flexibility index (Phi) is 1.60. The molecule has 0 radical (unpaired) electrons. The van der Waals surface area contributed by atoms with Gasteiger partial charge in [-0.2, -0.15) is 0 Å². The fourth-order valence-electron chi connectivity index (χ4n) is 0.745. The second-order valence-corrected chi connectivity index (χ2v) is 1.84. The van der Waals surface area contributed by atoms with Gasteiger partial charge in [-0.25, -0.2) is 0 Å². The van der Waals surface area contributed by atoms with E-state index in [4.69, 9.17) is 9.84 Å². The summed E-state index contributed by atoms with van der Waals surface area (Å²) in [6.45, 7) is 0. The molecular formula is C5H8O3. The minimum absolute atomic E-state index is 0.356. The molecular weight excluding hydrogens is 108 g/mol. The summed E-state index contributed by atoms with van der Waals surface area (Å²) >= 11 is 0. The van der Waals surface area contributed by atoms with Gasteiger partial charge >= 0.3 is 0 Å². The Labute approximate surface area is 47.3 Å². The predicted molar refractivity (Wildman–Crippen MR) is 26.2 cm³/mol. The van der Waals surface area contributed by atoms with Crippen molar-refractivity contribution in [1.82, 2.24) is 0 Å². The highest BCUT2D eigenvalue weighted by Gasteiger charge is 2.21. The molecule has 1 aliphatic heterocycles. The Morgan fingerprint density at radius 2 is 2.38 bits per heavy atom. The number of hydrogen-bond donors (Lipinski definition) is 1. The van der Waals surface area contributed by atoms with Crippen LogP contribution < -0.4 is 0 Å². The second-order valence-electron chi connectivity index (χ2n) is 1.84. The summed E-state index contributed by atoms with van der Waals surface area (Å²) in [4.78, 5) is 9.92. The molecule has 0 aromatic carbocycles. The van der Waals surface area contributed by atoms with Crippen LogP contribution in [-0.2, 0) is 9.53 Å². The molecule has 0 aliphatic carbocycles. The summed E-state index contributed by atoms with van der Waals surface area (Å²) in [5.41, 5.74) is 0. The van der Waals surface area contributed by atoms with Crippen LogP contribution in [0.25, 0.3) is 0 Å². The van der Waals surface area contributed by atoms with Crippen LogP contribution in [0.3, 0.4) is 0 Å². The molecule has 0 amide bonds. The number of carbonyl (C=O) groups is 1. The Morgan fingerprint density at radius 1 is 1.62 bits per heavy atom. The van der Waals surface area contributed by atoms with E-state index in [9.17, 15) is 4.79 Å². The van der Waals surface area contributed by atoms with E-state index in [0.29, 0.717) is 12.8 Å². The van der Waals surface area contributed by atoms with Crippen molar-refractivity contribution in [3.05, 3.63) is 0 Å². The third kappa shape index (κ3) is 1.05. The van der Waals surface area contributed by atoms with Crippen molar-refractivity contribution in [2.45, 2.75) is 25.2 Å². The smallest absolute Gasteiger partial charge is 0.155 e. The minimum Gasteiger partial charge on any atom is -0.368 e. The lowest BCUT2D eigenvalue weighted by molar-refractivity contribution is -0.129. The fourth-order valence-corrected chi connectivity index (χ4v) is 0.745. The fraction of sp³-hybridized carbons (Fsp3) is 0.800. The van der Waals surface area contributed by atoms with Crippen LogP contribution in [0, 0.1) is 0 Å². The van der Waals surface area contributed by atoms with Gasteiger partial charge in [0.05, 0.1) is 0 Å². The predicted octanol–water partition coefficient (Wildman–Crippen LogP) is -0.317. The lowest BCUT2D eigenvalue weighted by atomic mass is 10.2. The Balaban J connectivity index is 2.32. The molecule has 0 bridgehead atoms. The lowest BCUT2D eigenvalue weighted by Gasteiger charge is -1.99. The first-order valence-corrected chi connectivity index (χ1v) is 2.62. The van der Waals surface area contributed by atoms with Gasteiger partial charge in [-0.1, -0.05) is 0 Å². The highest BCUT2D eigenvalue weighted by atomic mass is 16.6. The van der Waals surface area contributed by atoms with Crippen molar-refractivity contribution in [3.63, 3.8) is 0 Å². The quantitative estimate of drug-likeness (QED) is 0.478. The molecule has 1 heterocycles. The molecule has 1 saturated heterocycles. The molecule has 0 saturated carbocycles. The summed E-state index contributed by atoms with van der Waals surface area (Å²) in [7, 11) is 0. The van der Waals surface area contributed by atoms with Gasteiger partial charge in [0.25, 0.3) is 0 Å². The van der Waals surface area contributed by atoms with E-state index in [1.54, 1.807) is 0 Å². The van der Waals surface area contributed by atoms with Crippen molar-refractivity contribution in [3.8, 4) is 0 Å². The highest BCUT2D eigenvalue weighted by Crippen LogP contribution is 2.14. The zero-order valence-corrected chi connectivity index (χ0v) is 4.41. The first-order valence-electron chi connectivity index (χ1n) is 2.62. The van der Waals surface area contributed by atoms with Gasteiger partial charge in [0.2, 0.25) is 0 Å². The zero-order valence-electron chi connectivity index (χ0n) is 4.41. The molecule has 2 atom stereocenters. The summed E-state index contributed by atoms with van der Waals surface area (Å²) in [5, 5.41) is 8.65. The van der Waals surface area contributed by atoms with Crippen LogP contribution in [0.2, 0.25) is 0 Å². The van der Waals surface area contributed by atoms with Crippen LogP contribution in [-0.4, -0.2) is 23.8 Å². The monoisotopic (exact) mass is 116 g/mol. The standard InChI is InChI=1S/C5H8O3/c6-3-4-1-2-5(7)8-4/h3-5,7H,1-2H2. The van der Waals surface area contributed by atoms with Crippen molar-refractivity contribution in [2.75, 3.05) is 0 Å². The number of carbonyl (C=O) groups excluding carboxylic acids is 1. The Morgan fingerprint density at radius 3 is 2.62 bits per heavy atom. The zero-order chi connectivity index (χ0) is 5.98. The molecule has 0 aromatic rings. The maximum absolute atomic E-state index is 9.92. The molecule has 1 rings (SSSR count). The van der Waals surface area contributed by atoms with Crippen molar-refractivity contribution in [2.24, 2.45) is 0 Å². The van der Waals surface area contributed by atoms with Gasteiger partial charge in [-0.15, -0.1) is 0 Å². The molecule has 1 fully saturated rings. The third-order valence-electron chi connectivity index (χ3n) is 1.18. The van der Waals surface area contributed by atoms with Gasteiger partial charge < -0.3 is 14.6 Å². The van der Waals surface area contributed by atoms with Crippen LogP contribution >= 0.6 is 0 Å². The normalized spacial score (nSPS) is 37.6. The molecule has 0 aromatic heterocycles. The molecule has 2 unspecified atom stereocenters. The van der Waals surface area contributed by atoms with Crippen molar-refractivity contribution in [1.29, 1.82) is 0 Å². The van der Waals surface area contributed by atoms with Gasteiger partial charge in [0.1, 0.15) is 12.4 Å². The summed E-state index contributed by atoms with van der Waals surface area (Å²) in [6.07, 6.45) is 0.903. The molecule has 46 valence electrons. The summed E-state index contributed by atoms with van der Waals surface area (Å²) < 4.78 is 4.70. The molecule has 0 spiro atoms. The van der Waals surface area contributed by atoms with Crippen LogP contribution in [0.1, 0.15) is 12.8 Å². The largest absolute Gasteiger partial charge is 0.368 e. The number of aldehydes is 1. The Bertz CT molecular complexity index is 91.7. The topological polar surface area (TPSA) is 46.5 Å². The SMILES string of the molecule is O=CC1CCC(O)O1. The van der Waals surface area contributed by atoms with Gasteiger partial charge in [0, 0.05) is 6.42 Å². The maximum atomic E-state index is 9.92. The molecule has 3 heteroatoms. The number of aliphatic hydroxyl groups excluding tert-OH is 1. The van der Waals surface area contributed by atoms with E-state index in [0.717, 1.165) is 6.29 Å². The van der Waals surface area contributed by atoms with E-state index >= 15 is 0 Å². The van der Waals surface area contributed by atoms with Crippen LogP contribution in [0.5, 0.6) is 0 Å². The van der Waals surface area contributed by atoms with E-state index in [-0.39, 0.29) is 6.10 Å². The maximum Gasteiger partial charge on any atom is 0.155 e. The highest BCUT2D eigenvalue weighted by molar-refractivity contribution is 5.56. The molecule has 8 heavy (non-hydrogen) atoms. The van der Waals surface area contributed by atoms with E-state index in [1.807, 2.05) is 0 Å². The van der Waals surface area contributed by atoms with Crippen LogP contribution in [0.15, 0.2) is 0 Å². The van der Waals surface area contributed by atoms with Crippen molar-refractivity contribution < 1.29 is 14.6 Å². The molecule has 3 nitrogen and oxygen atoms in total. The first-order chi connectivity index (χ1) is 3.83. The Hall–Kier alpha value is -0.410. The number of aliphatic hydroxyl groups is 1. The lowest BCUT2D eigenvalue weighted by Crippen LogP contribution is -2.10. The third-order valence-corrected chi connectivity index (χ3v) is 1.18. The minimum atomic E-state index is -0.704. The van der Waals surface area contributed by atoms with Gasteiger partial charge in [-0.3, -0.25) is 0 Å². The van der Waals surface area contributed by atoms with E-state index in [2.05, 4.69) is 0 Å². The van der Waals surface area contributed by atoms with E-state index < -0.39 is 6.29 Å². The molecule has 1 N–H and O–H groups in total. The second kappa shape index (κ2) is 2.24. The first kappa shape index (κ1) is 5.72. The average Bonchev–Trinajstić information content (AvgIpc) is 2.14. The van der Waals surface area contributed by atoms with Crippen molar-refractivity contribution >= 4 is 6.29 Å². The molecule has 1 aliphatic rings. The van der Waals surface area contributed by atoms with Gasteiger partial charge in [0.15, 0.2) is 6.29 Å². The van der Waals surface area contributed by atoms with Crippen LogP contribution in [0.4, 0.5) is 0 Å². The average molecular weight is 116 g/mol. The summed E-state index contributed by atoms with van der Waals surface area (Å²) in [5.74, 6) is 0. The number of rotatable bonds is 1. The van der Waals surface area contributed by atoms with Gasteiger partial charge in [-0.05, 0) is 6.42 Å². The van der Waals surface area contributed by atoms with E-state index in [1.165, 1.54) is 0 Å². The number of hydrogen-bond acceptors (Lipinski definition) is 3. The summed E-state index contributed by atoms with van der Waals surface area (Å²) in [6, 6.07) is 0.